The van der Waals surface area contributed by atoms with Crippen molar-refractivity contribution in [2.75, 3.05) is 11.9 Å². The molecule has 4 nitrogen and oxygen atoms in total. The molecule has 1 aliphatic rings. The highest BCUT2D eigenvalue weighted by Crippen LogP contribution is 2.47. The van der Waals surface area contributed by atoms with E-state index in [0.29, 0.717) is 11.6 Å². The smallest absolute Gasteiger partial charge is 0.292 e. The van der Waals surface area contributed by atoms with Crippen molar-refractivity contribution >= 4 is 11.4 Å². The van der Waals surface area contributed by atoms with Crippen LogP contribution in [0.4, 0.5) is 11.4 Å². The van der Waals surface area contributed by atoms with Gasteiger partial charge in [-0.3, -0.25) is 10.1 Å². The van der Waals surface area contributed by atoms with Crippen LogP contribution in [0.15, 0.2) is 18.2 Å². The first kappa shape index (κ1) is 11.9. The molecule has 0 bridgehead atoms. The third kappa shape index (κ3) is 1.88. The van der Waals surface area contributed by atoms with Crippen molar-refractivity contribution in [2.24, 2.45) is 5.41 Å². The average Bonchev–Trinajstić information content (AvgIpc) is 2.72. The van der Waals surface area contributed by atoms with Crippen LogP contribution in [-0.2, 0) is 0 Å². The molecule has 17 heavy (non-hydrogen) atoms. The summed E-state index contributed by atoms with van der Waals surface area (Å²) in [5, 5.41) is 14.2. The monoisotopic (exact) mass is 234 g/mol. The zero-order chi connectivity index (χ0) is 12.6. The van der Waals surface area contributed by atoms with Gasteiger partial charge in [0, 0.05) is 18.5 Å². The second kappa shape index (κ2) is 4.02. The predicted octanol–water partition coefficient (Wildman–Crippen LogP) is 3.54. The summed E-state index contributed by atoms with van der Waals surface area (Å²) in [6.45, 7) is 7.39. The lowest BCUT2D eigenvalue weighted by molar-refractivity contribution is -0.383. The van der Waals surface area contributed by atoms with Gasteiger partial charge in [0.1, 0.15) is 5.69 Å². The van der Waals surface area contributed by atoms with Gasteiger partial charge in [-0.05, 0) is 11.0 Å². The van der Waals surface area contributed by atoms with E-state index in [4.69, 9.17) is 0 Å². The molecule has 0 spiro atoms. The molecular weight excluding hydrogens is 216 g/mol. The Kier molecular flexibility index (Phi) is 2.81. The molecule has 1 aromatic carbocycles. The van der Waals surface area contributed by atoms with Crippen molar-refractivity contribution in [3.05, 3.63) is 33.9 Å². The summed E-state index contributed by atoms with van der Waals surface area (Å²) in [5.41, 5.74) is 2.15. The maximum Gasteiger partial charge on any atom is 0.292 e. The minimum absolute atomic E-state index is 0.160. The maximum absolute atomic E-state index is 11.0. The zero-order valence-electron chi connectivity index (χ0n) is 10.5. The Balaban J connectivity index is 2.47. The number of rotatable bonds is 3. The first-order valence-corrected chi connectivity index (χ1v) is 5.98. The Labute approximate surface area is 101 Å². The summed E-state index contributed by atoms with van der Waals surface area (Å²) in [6.07, 6.45) is 1.06. The van der Waals surface area contributed by atoms with Crippen LogP contribution in [0.25, 0.3) is 0 Å². The second-order valence-corrected chi connectivity index (χ2v) is 5.27. The summed E-state index contributed by atoms with van der Waals surface area (Å²) < 4.78 is 0. The number of nitro benzene ring substituents is 1. The molecule has 0 radical (unpaired) electrons. The molecule has 0 fully saturated rings. The van der Waals surface area contributed by atoms with E-state index in [9.17, 15) is 10.1 Å². The molecule has 0 amide bonds. The van der Waals surface area contributed by atoms with Crippen LogP contribution in [-0.4, -0.2) is 11.5 Å². The first-order valence-electron chi connectivity index (χ1n) is 5.98. The molecule has 0 aromatic heterocycles. The fourth-order valence-corrected chi connectivity index (χ4v) is 2.45. The summed E-state index contributed by atoms with van der Waals surface area (Å²) in [5.74, 6) is 0.349. The highest BCUT2D eigenvalue weighted by atomic mass is 16.6. The maximum atomic E-state index is 11.0. The van der Waals surface area contributed by atoms with Gasteiger partial charge in [-0.1, -0.05) is 39.3 Å². The van der Waals surface area contributed by atoms with E-state index in [0.717, 1.165) is 18.5 Å². The lowest BCUT2D eigenvalue weighted by Gasteiger charge is -2.30. The van der Waals surface area contributed by atoms with Crippen molar-refractivity contribution in [1.82, 2.24) is 0 Å². The van der Waals surface area contributed by atoms with Gasteiger partial charge < -0.3 is 5.32 Å². The second-order valence-electron chi connectivity index (χ2n) is 5.27. The molecule has 0 saturated carbocycles. The van der Waals surface area contributed by atoms with E-state index in [2.05, 4.69) is 26.1 Å². The third-order valence-corrected chi connectivity index (χ3v) is 3.98. The van der Waals surface area contributed by atoms with E-state index < -0.39 is 0 Å². The quantitative estimate of drug-likeness (QED) is 0.642. The molecule has 4 heteroatoms. The van der Waals surface area contributed by atoms with E-state index in [1.54, 1.807) is 12.1 Å². The van der Waals surface area contributed by atoms with Crippen molar-refractivity contribution < 1.29 is 4.92 Å². The third-order valence-electron chi connectivity index (χ3n) is 3.98. The molecule has 1 aromatic rings. The van der Waals surface area contributed by atoms with Crippen molar-refractivity contribution in [1.29, 1.82) is 0 Å². The molecule has 0 aliphatic carbocycles. The number of benzene rings is 1. The normalized spacial score (nSPS) is 18.6. The van der Waals surface area contributed by atoms with Gasteiger partial charge in [-0.15, -0.1) is 0 Å². The number of hydrogen-bond donors (Lipinski definition) is 1. The van der Waals surface area contributed by atoms with Gasteiger partial charge in [0.15, 0.2) is 0 Å². The van der Waals surface area contributed by atoms with Crippen LogP contribution < -0.4 is 5.32 Å². The largest absolute Gasteiger partial charge is 0.379 e. The number of nitrogens with zero attached hydrogens (tertiary/aromatic N) is 1. The number of hydrogen-bond acceptors (Lipinski definition) is 3. The molecule has 92 valence electrons. The van der Waals surface area contributed by atoms with Gasteiger partial charge in [0.25, 0.3) is 5.69 Å². The highest BCUT2D eigenvalue weighted by molar-refractivity contribution is 5.70. The minimum Gasteiger partial charge on any atom is -0.379 e. The predicted molar refractivity (Wildman–Crippen MR) is 68.4 cm³/mol. The van der Waals surface area contributed by atoms with E-state index >= 15 is 0 Å². The van der Waals surface area contributed by atoms with E-state index in [1.807, 2.05) is 6.07 Å². The van der Waals surface area contributed by atoms with Gasteiger partial charge in [-0.25, -0.2) is 0 Å². The van der Waals surface area contributed by atoms with Crippen LogP contribution in [0.2, 0.25) is 0 Å². The van der Waals surface area contributed by atoms with Crippen LogP contribution in [0.1, 0.15) is 38.7 Å². The summed E-state index contributed by atoms with van der Waals surface area (Å²) >= 11 is 0. The summed E-state index contributed by atoms with van der Waals surface area (Å²) in [6, 6.07) is 5.35. The Morgan fingerprint density at radius 1 is 1.53 bits per heavy atom. The van der Waals surface area contributed by atoms with Gasteiger partial charge in [0.05, 0.1) is 4.92 Å². The van der Waals surface area contributed by atoms with Crippen LogP contribution >= 0.6 is 0 Å². The molecule has 2 rings (SSSR count). The fraction of sp³-hybridized carbons (Fsp3) is 0.538. The fourth-order valence-electron chi connectivity index (χ4n) is 2.45. The minimum atomic E-state index is -0.312. The Morgan fingerprint density at radius 2 is 2.24 bits per heavy atom. The molecule has 0 saturated heterocycles. The topological polar surface area (TPSA) is 55.2 Å². The lowest BCUT2D eigenvalue weighted by Crippen LogP contribution is -2.22. The number of nitro groups is 1. The molecular formula is C13H18N2O2. The number of fused-ring (bicyclic) bond motifs is 1. The Hall–Kier alpha value is -1.58. The SMILES string of the molecule is CCC(C)(C)C1CNc2c1cccc2[N+](=O)[O-]. The molecule has 1 N–H and O–H groups in total. The lowest BCUT2D eigenvalue weighted by atomic mass is 9.74. The van der Waals surface area contributed by atoms with Gasteiger partial charge >= 0.3 is 0 Å². The standard InChI is InChI=1S/C13H18N2O2/c1-4-13(2,3)10-8-14-12-9(10)6-5-7-11(12)15(16)17/h5-7,10,14H,4,8H2,1-3H3. The van der Waals surface area contributed by atoms with Crippen LogP contribution in [0.3, 0.4) is 0 Å². The van der Waals surface area contributed by atoms with Crippen molar-refractivity contribution in [3.8, 4) is 0 Å². The summed E-state index contributed by atoms with van der Waals surface area (Å²) in [7, 11) is 0. The number of nitrogens with one attached hydrogen (secondary N) is 1. The summed E-state index contributed by atoms with van der Waals surface area (Å²) in [4.78, 5) is 10.6. The molecule has 1 heterocycles. The molecule has 1 atom stereocenters. The Bertz CT molecular complexity index is 455. The first-order chi connectivity index (χ1) is 7.97. The number of para-hydroxylation sites is 1. The van der Waals surface area contributed by atoms with Crippen LogP contribution in [0, 0.1) is 15.5 Å². The van der Waals surface area contributed by atoms with E-state index in [1.165, 1.54) is 0 Å². The molecule has 1 unspecified atom stereocenters. The average molecular weight is 234 g/mol. The molecule has 1 aliphatic heterocycles. The van der Waals surface area contributed by atoms with Gasteiger partial charge in [0.2, 0.25) is 0 Å². The van der Waals surface area contributed by atoms with E-state index in [-0.39, 0.29) is 16.0 Å². The van der Waals surface area contributed by atoms with Crippen LogP contribution in [0.5, 0.6) is 0 Å². The Morgan fingerprint density at radius 3 is 2.82 bits per heavy atom. The van der Waals surface area contributed by atoms with Crippen molar-refractivity contribution in [2.45, 2.75) is 33.1 Å². The highest BCUT2D eigenvalue weighted by Gasteiger charge is 2.37. The zero-order valence-corrected chi connectivity index (χ0v) is 10.5. The number of anilines is 1. The van der Waals surface area contributed by atoms with Crippen molar-refractivity contribution in [3.63, 3.8) is 0 Å². The van der Waals surface area contributed by atoms with Gasteiger partial charge in [-0.2, -0.15) is 0 Å².